The van der Waals surface area contributed by atoms with E-state index in [1.54, 1.807) is 18.2 Å². The van der Waals surface area contributed by atoms with Crippen LogP contribution in [0.5, 0.6) is 0 Å². The molecule has 0 bridgehead atoms. The molecule has 0 unspecified atom stereocenters. The normalized spacial score (nSPS) is 15.3. The summed E-state index contributed by atoms with van der Waals surface area (Å²) in [5.74, 6) is 0.319. The van der Waals surface area contributed by atoms with Crippen molar-refractivity contribution in [1.82, 2.24) is 24.4 Å². The predicted octanol–water partition coefficient (Wildman–Crippen LogP) is 4.36. The minimum Gasteiger partial charge on any atom is -0.324 e. The highest BCUT2D eigenvalue weighted by Crippen LogP contribution is 2.34. The summed E-state index contributed by atoms with van der Waals surface area (Å²) in [6.45, 7) is 6.37. The fourth-order valence-electron chi connectivity index (χ4n) is 4.70. The number of hydrogen-bond acceptors (Lipinski definition) is 6. The predicted molar refractivity (Wildman–Crippen MR) is 134 cm³/mol. The summed E-state index contributed by atoms with van der Waals surface area (Å²) in [5.41, 5.74) is 3.31. The van der Waals surface area contributed by atoms with Gasteiger partial charge in [-0.3, -0.25) is 10.4 Å². The van der Waals surface area contributed by atoms with Gasteiger partial charge in [-0.15, -0.1) is 0 Å². The van der Waals surface area contributed by atoms with E-state index in [9.17, 15) is 4.79 Å². The van der Waals surface area contributed by atoms with Crippen LogP contribution in [0.15, 0.2) is 47.4 Å². The van der Waals surface area contributed by atoms with Crippen LogP contribution in [-0.2, 0) is 12.0 Å². The number of rotatable bonds is 3. The van der Waals surface area contributed by atoms with Crippen LogP contribution in [-0.4, -0.2) is 38.0 Å². The highest BCUT2D eigenvalue weighted by atomic mass is 35.5. The third-order valence-corrected chi connectivity index (χ3v) is 6.66. The minimum absolute atomic E-state index is 0.0737. The van der Waals surface area contributed by atoms with Crippen LogP contribution in [0, 0.1) is 5.41 Å². The molecule has 2 aromatic heterocycles. The number of nitrogens with zero attached hydrogens (tertiary/aromatic N) is 4. The highest BCUT2D eigenvalue weighted by molar-refractivity contribution is 6.37. The quantitative estimate of drug-likeness (QED) is 0.391. The van der Waals surface area contributed by atoms with Crippen LogP contribution in [0.2, 0.25) is 10.0 Å². The van der Waals surface area contributed by atoms with Gasteiger partial charge in [-0.2, -0.15) is 4.98 Å². The Balaban J connectivity index is 1.53. The number of halogens is 2. The second kappa shape index (κ2) is 8.23. The maximum Gasteiger partial charge on any atom is 0.333 e. The van der Waals surface area contributed by atoms with Crippen molar-refractivity contribution >= 4 is 45.9 Å². The minimum atomic E-state index is -0.573. The molecule has 2 aromatic carbocycles. The van der Waals surface area contributed by atoms with Crippen LogP contribution in [0.3, 0.4) is 0 Å². The Morgan fingerprint density at radius 2 is 1.91 bits per heavy atom. The van der Waals surface area contributed by atoms with Crippen LogP contribution in [0.1, 0.15) is 25.0 Å². The third kappa shape index (κ3) is 3.87. The fraction of sp³-hybridized carbons (Fsp3) is 0.250. The summed E-state index contributed by atoms with van der Waals surface area (Å²) in [6, 6.07) is 11.2. The maximum absolute atomic E-state index is 12.9. The Hall–Kier alpha value is -3.20. The second-order valence-corrected chi connectivity index (χ2v) is 10.0. The zero-order chi connectivity index (χ0) is 24.2. The number of aromatic amines is 1. The van der Waals surface area contributed by atoms with Crippen molar-refractivity contribution in [3.63, 3.8) is 0 Å². The van der Waals surface area contributed by atoms with Crippen molar-refractivity contribution in [1.29, 1.82) is 5.41 Å². The average molecular weight is 496 g/mol. The monoisotopic (exact) mass is 495 g/mol. The largest absolute Gasteiger partial charge is 0.333 e. The summed E-state index contributed by atoms with van der Waals surface area (Å²) in [4.78, 5) is 26.7. The van der Waals surface area contributed by atoms with Gasteiger partial charge >= 0.3 is 5.69 Å². The number of nitrogens with one attached hydrogen (secondary N) is 3. The molecule has 0 spiro atoms. The van der Waals surface area contributed by atoms with Crippen molar-refractivity contribution in [3.8, 4) is 5.69 Å². The lowest BCUT2D eigenvalue weighted by molar-refractivity contribution is 0.236. The molecule has 3 heterocycles. The van der Waals surface area contributed by atoms with E-state index >= 15 is 0 Å². The lowest BCUT2D eigenvalue weighted by Crippen LogP contribution is -2.39. The Morgan fingerprint density at radius 1 is 1.18 bits per heavy atom. The molecule has 0 atom stereocenters. The van der Waals surface area contributed by atoms with Crippen molar-refractivity contribution < 1.29 is 0 Å². The molecule has 174 valence electrons. The molecule has 34 heavy (non-hydrogen) atoms. The fourth-order valence-corrected chi connectivity index (χ4v) is 5.27. The Morgan fingerprint density at radius 3 is 2.65 bits per heavy atom. The Bertz CT molecular complexity index is 1540. The molecule has 0 amide bonds. The van der Waals surface area contributed by atoms with Crippen molar-refractivity contribution in [3.05, 3.63) is 79.7 Å². The first-order chi connectivity index (χ1) is 16.1. The third-order valence-electron chi connectivity index (χ3n) is 6.05. The molecular weight excluding hydrogens is 473 g/mol. The SMILES string of the molecule is CN1Cc2cc(Nc3ncc4c(=N)n(-c5c(Cl)cccc5Cl)c(=O)[nH]c4n3)ccc2C(C)(C)C1. The molecule has 10 heteroatoms. The molecule has 0 fully saturated rings. The van der Waals surface area contributed by atoms with Gasteiger partial charge in [0.1, 0.15) is 5.49 Å². The molecule has 1 aliphatic heterocycles. The van der Waals surface area contributed by atoms with E-state index in [1.165, 1.54) is 17.3 Å². The summed E-state index contributed by atoms with van der Waals surface area (Å²) in [6.07, 6.45) is 1.50. The van der Waals surface area contributed by atoms with Crippen LogP contribution in [0.4, 0.5) is 11.6 Å². The van der Waals surface area contributed by atoms with Crippen molar-refractivity contribution in [2.45, 2.75) is 25.8 Å². The number of H-pyrrole nitrogens is 1. The summed E-state index contributed by atoms with van der Waals surface area (Å²) >= 11 is 12.5. The molecule has 0 radical (unpaired) electrons. The first-order valence-electron chi connectivity index (χ1n) is 10.7. The lowest BCUT2D eigenvalue weighted by Gasteiger charge is -2.38. The van der Waals surface area contributed by atoms with E-state index in [0.717, 1.165) is 23.3 Å². The number of aromatic nitrogens is 4. The standard InChI is InChI=1S/C24H23Cl2N7O/c1-24(2)12-32(3)11-13-9-14(7-8-16(13)24)29-22-28-10-15-20(27)33(23(34)31-21(15)30-22)19-17(25)5-4-6-18(19)26/h4-10,27H,11-12H2,1-3H3,(H2,28,29,30,31,34). The molecule has 4 aromatic rings. The number of fused-ring (bicyclic) bond motifs is 2. The van der Waals surface area contributed by atoms with E-state index in [4.69, 9.17) is 28.6 Å². The van der Waals surface area contributed by atoms with Gasteiger partial charge in [0.05, 0.1) is 21.1 Å². The molecule has 3 N–H and O–H groups in total. The Labute approximate surface area is 205 Å². The molecule has 5 rings (SSSR count). The number of anilines is 2. The molecular formula is C24H23Cl2N7O. The van der Waals surface area contributed by atoms with Gasteiger partial charge in [-0.25, -0.2) is 14.3 Å². The first kappa shape index (κ1) is 22.6. The van der Waals surface area contributed by atoms with Crippen LogP contribution >= 0.6 is 23.2 Å². The summed E-state index contributed by atoms with van der Waals surface area (Å²) < 4.78 is 1.12. The zero-order valence-electron chi connectivity index (χ0n) is 18.9. The topological polar surface area (TPSA) is 103 Å². The van der Waals surface area contributed by atoms with Crippen LogP contribution < -0.4 is 16.5 Å². The van der Waals surface area contributed by atoms with Crippen molar-refractivity contribution in [2.75, 3.05) is 18.9 Å². The number of benzene rings is 2. The maximum atomic E-state index is 12.9. The summed E-state index contributed by atoms with van der Waals surface area (Å²) in [7, 11) is 2.12. The lowest BCUT2D eigenvalue weighted by atomic mass is 9.78. The van der Waals surface area contributed by atoms with Gasteiger partial charge in [0.2, 0.25) is 5.95 Å². The summed E-state index contributed by atoms with van der Waals surface area (Å²) in [5, 5.41) is 12.7. The van der Waals surface area contributed by atoms with Crippen LogP contribution in [0.25, 0.3) is 16.7 Å². The highest BCUT2D eigenvalue weighted by Gasteiger charge is 2.30. The smallest absolute Gasteiger partial charge is 0.324 e. The van der Waals surface area contributed by atoms with Crippen molar-refractivity contribution in [2.24, 2.45) is 0 Å². The average Bonchev–Trinajstić information content (AvgIpc) is 2.74. The van der Waals surface area contributed by atoms with E-state index in [-0.39, 0.29) is 32.3 Å². The van der Waals surface area contributed by atoms with Gasteiger partial charge < -0.3 is 10.2 Å². The van der Waals surface area contributed by atoms with E-state index in [2.05, 4.69) is 58.2 Å². The second-order valence-electron chi connectivity index (χ2n) is 9.19. The van der Waals surface area contributed by atoms with E-state index in [0.29, 0.717) is 11.3 Å². The Kier molecular flexibility index (Phi) is 5.47. The van der Waals surface area contributed by atoms with E-state index in [1.807, 2.05) is 6.07 Å². The molecule has 0 aliphatic carbocycles. The first-order valence-corrected chi connectivity index (χ1v) is 11.5. The molecule has 8 nitrogen and oxygen atoms in total. The zero-order valence-corrected chi connectivity index (χ0v) is 20.4. The van der Waals surface area contributed by atoms with Gasteiger partial charge in [0, 0.05) is 30.4 Å². The molecule has 0 saturated heterocycles. The number of likely N-dealkylation sites (N-methyl/N-ethyl adjacent to an activating group) is 1. The number of para-hydroxylation sites is 1. The van der Waals surface area contributed by atoms with Gasteiger partial charge in [0.15, 0.2) is 5.65 Å². The molecule has 1 aliphatic rings. The van der Waals surface area contributed by atoms with E-state index < -0.39 is 5.69 Å². The van der Waals surface area contributed by atoms with Gasteiger partial charge in [-0.05, 0) is 42.4 Å². The van der Waals surface area contributed by atoms with Gasteiger partial charge in [-0.1, -0.05) is 49.2 Å². The van der Waals surface area contributed by atoms with Gasteiger partial charge in [0.25, 0.3) is 0 Å². The number of hydrogen-bond donors (Lipinski definition) is 3. The molecule has 0 saturated carbocycles.